The summed E-state index contributed by atoms with van der Waals surface area (Å²) >= 11 is 4.93. The van der Waals surface area contributed by atoms with Crippen LogP contribution >= 0.6 is 12.2 Å². The van der Waals surface area contributed by atoms with Crippen molar-refractivity contribution in [1.29, 1.82) is 0 Å². The van der Waals surface area contributed by atoms with Crippen molar-refractivity contribution < 1.29 is 13.5 Å². The first-order valence-electron chi connectivity index (χ1n) is 5.57. The molecule has 0 heterocycles. The van der Waals surface area contributed by atoms with E-state index in [0.29, 0.717) is 13.2 Å². The second kappa shape index (κ2) is 7.75. The number of rotatable bonds is 5. The molecule has 1 aromatic carbocycles. The summed E-state index contributed by atoms with van der Waals surface area (Å²) in [6, 6.07) is 3.64. The smallest absolute Gasteiger partial charge is 0.187 e. The molecule has 0 aliphatic heterocycles. The van der Waals surface area contributed by atoms with Gasteiger partial charge in [-0.05, 0) is 31.3 Å². The highest BCUT2D eigenvalue weighted by Crippen LogP contribution is 2.12. The predicted octanol–water partition coefficient (Wildman–Crippen LogP) is 1.80. The zero-order valence-corrected chi connectivity index (χ0v) is 11.5. The van der Waals surface area contributed by atoms with Crippen molar-refractivity contribution in [3.05, 3.63) is 35.4 Å². The highest BCUT2D eigenvalue weighted by molar-refractivity contribution is 7.80. The lowest BCUT2D eigenvalue weighted by Crippen LogP contribution is -2.34. The van der Waals surface area contributed by atoms with Crippen LogP contribution in [-0.4, -0.2) is 31.1 Å². The summed E-state index contributed by atoms with van der Waals surface area (Å²) < 4.78 is 31.8. The third kappa shape index (κ3) is 4.88. The molecule has 4 nitrogen and oxygen atoms in total. The van der Waals surface area contributed by atoms with E-state index in [0.717, 1.165) is 0 Å². The molecule has 0 aliphatic carbocycles. The summed E-state index contributed by atoms with van der Waals surface area (Å²) in [5.41, 5.74) is 2.51. The lowest BCUT2D eigenvalue weighted by atomic mass is 10.1. The first-order chi connectivity index (χ1) is 9.06. The molecular weight excluding hydrogens is 272 g/mol. The predicted molar refractivity (Wildman–Crippen MR) is 74.2 cm³/mol. The van der Waals surface area contributed by atoms with E-state index in [1.54, 1.807) is 7.11 Å². The van der Waals surface area contributed by atoms with E-state index in [1.807, 2.05) is 0 Å². The Morgan fingerprint density at radius 2 is 2.00 bits per heavy atom. The minimum atomic E-state index is -0.665. The Hall–Kier alpha value is -1.60. The summed E-state index contributed by atoms with van der Waals surface area (Å²) in [6.07, 6.45) is 0. The van der Waals surface area contributed by atoms with Gasteiger partial charge in [0.15, 0.2) is 5.11 Å². The molecule has 0 atom stereocenters. The van der Waals surface area contributed by atoms with Crippen LogP contribution in [0.2, 0.25) is 0 Å². The van der Waals surface area contributed by atoms with Crippen molar-refractivity contribution in [1.82, 2.24) is 10.7 Å². The number of nitrogens with zero attached hydrogens (tertiary/aromatic N) is 1. The summed E-state index contributed by atoms with van der Waals surface area (Å²) in [6.45, 7) is 2.50. The molecule has 1 aromatic rings. The van der Waals surface area contributed by atoms with E-state index in [1.165, 1.54) is 25.1 Å². The lowest BCUT2D eigenvalue weighted by Gasteiger charge is -2.08. The maximum Gasteiger partial charge on any atom is 0.187 e. The van der Waals surface area contributed by atoms with Crippen LogP contribution in [0.4, 0.5) is 8.78 Å². The van der Waals surface area contributed by atoms with Crippen molar-refractivity contribution in [3.8, 4) is 0 Å². The van der Waals surface area contributed by atoms with E-state index in [9.17, 15) is 8.78 Å². The van der Waals surface area contributed by atoms with Crippen molar-refractivity contribution in [2.24, 2.45) is 5.10 Å². The van der Waals surface area contributed by atoms with Gasteiger partial charge < -0.3 is 10.1 Å². The highest BCUT2D eigenvalue weighted by atomic mass is 32.1. The van der Waals surface area contributed by atoms with Gasteiger partial charge in [-0.1, -0.05) is 6.07 Å². The minimum absolute atomic E-state index is 0.172. The minimum Gasteiger partial charge on any atom is -0.383 e. The first-order valence-corrected chi connectivity index (χ1v) is 5.98. The average Bonchev–Trinajstić information content (AvgIpc) is 2.36. The molecule has 0 bridgehead atoms. The van der Waals surface area contributed by atoms with Crippen LogP contribution in [0.25, 0.3) is 0 Å². The zero-order valence-electron chi connectivity index (χ0n) is 10.7. The van der Waals surface area contributed by atoms with Crippen LogP contribution in [0.3, 0.4) is 0 Å². The fourth-order valence-electron chi connectivity index (χ4n) is 1.34. The molecule has 0 radical (unpaired) electrons. The normalized spacial score (nSPS) is 11.3. The van der Waals surface area contributed by atoms with Crippen LogP contribution in [0.5, 0.6) is 0 Å². The Bertz CT molecular complexity index is 460. The summed E-state index contributed by atoms with van der Waals surface area (Å²) in [5, 5.41) is 6.91. The number of hydrogen-bond acceptors (Lipinski definition) is 3. The van der Waals surface area contributed by atoms with Crippen molar-refractivity contribution in [2.75, 3.05) is 20.3 Å². The van der Waals surface area contributed by atoms with Gasteiger partial charge in [0, 0.05) is 13.7 Å². The Morgan fingerprint density at radius 3 is 2.58 bits per heavy atom. The largest absolute Gasteiger partial charge is 0.383 e. The Morgan fingerprint density at radius 1 is 1.37 bits per heavy atom. The van der Waals surface area contributed by atoms with Crippen LogP contribution in [0, 0.1) is 11.6 Å². The Kier molecular flexibility index (Phi) is 6.31. The SMILES string of the molecule is COCCNC(=S)N/N=C(\C)c1c(F)cccc1F. The van der Waals surface area contributed by atoms with E-state index < -0.39 is 11.6 Å². The molecule has 0 unspecified atom stereocenters. The molecule has 1 rings (SSSR count). The average molecular weight is 287 g/mol. The number of nitrogens with one attached hydrogen (secondary N) is 2. The molecule has 0 spiro atoms. The van der Waals surface area contributed by atoms with Crippen LogP contribution in [0.15, 0.2) is 23.3 Å². The monoisotopic (exact) mass is 287 g/mol. The molecule has 0 aromatic heterocycles. The van der Waals surface area contributed by atoms with E-state index in [4.69, 9.17) is 17.0 Å². The van der Waals surface area contributed by atoms with Gasteiger partial charge in [0.05, 0.1) is 17.9 Å². The number of halogens is 2. The fourth-order valence-corrected chi connectivity index (χ4v) is 1.49. The van der Waals surface area contributed by atoms with Gasteiger partial charge in [-0.3, -0.25) is 5.43 Å². The first kappa shape index (κ1) is 15.5. The lowest BCUT2D eigenvalue weighted by molar-refractivity contribution is 0.204. The summed E-state index contributed by atoms with van der Waals surface area (Å²) in [4.78, 5) is 0. The van der Waals surface area contributed by atoms with Crippen LogP contribution in [0.1, 0.15) is 12.5 Å². The van der Waals surface area contributed by atoms with Gasteiger partial charge in [-0.25, -0.2) is 8.78 Å². The number of hydrogen-bond donors (Lipinski definition) is 2. The van der Waals surface area contributed by atoms with E-state index in [-0.39, 0.29) is 16.4 Å². The number of methoxy groups -OCH3 is 1. The van der Waals surface area contributed by atoms with Gasteiger partial charge in [-0.15, -0.1) is 0 Å². The van der Waals surface area contributed by atoms with Crippen molar-refractivity contribution >= 4 is 23.0 Å². The second-order valence-electron chi connectivity index (χ2n) is 3.65. The maximum atomic E-state index is 13.5. The topological polar surface area (TPSA) is 45.6 Å². The van der Waals surface area contributed by atoms with Gasteiger partial charge >= 0.3 is 0 Å². The molecule has 2 N–H and O–H groups in total. The molecule has 0 fully saturated rings. The van der Waals surface area contributed by atoms with Gasteiger partial charge in [0.25, 0.3) is 0 Å². The zero-order chi connectivity index (χ0) is 14.3. The quantitative estimate of drug-likeness (QED) is 0.375. The van der Waals surface area contributed by atoms with Gasteiger partial charge in [0.1, 0.15) is 11.6 Å². The second-order valence-corrected chi connectivity index (χ2v) is 4.06. The molecule has 0 aliphatic rings. The van der Waals surface area contributed by atoms with Gasteiger partial charge in [0.2, 0.25) is 0 Å². The molecule has 104 valence electrons. The molecule has 0 amide bonds. The van der Waals surface area contributed by atoms with Crippen molar-refractivity contribution in [2.45, 2.75) is 6.92 Å². The van der Waals surface area contributed by atoms with E-state index in [2.05, 4.69) is 15.8 Å². The molecule has 7 heteroatoms. The maximum absolute atomic E-state index is 13.5. The number of benzene rings is 1. The summed E-state index contributed by atoms with van der Waals surface area (Å²) in [7, 11) is 1.57. The summed E-state index contributed by atoms with van der Waals surface area (Å²) in [5.74, 6) is -1.33. The molecule has 19 heavy (non-hydrogen) atoms. The van der Waals surface area contributed by atoms with E-state index >= 15 is 0 Å². The fraction of sp³-hybridized carbons (Fsp3) is 0.333. The van der Waals surface area contributed by atoms with Gasteiger partial charge in [-0.2, -0.15) is 5.10 Å². The Labute approximate surface area is 115 Å². The molecule has 0 saturated heterocycles. The van der Waals surface area contributed by atoms with Crippen LogP contribution < -0.4 is 10.7 Å². The number of hydrazone groups is 1. The standard InChI is InChI=1S/C12H15F2N3OS/c1-8(11-9(13)4-3-5-10(11)14)16-17-12(19)15-6-7-18-2/h3-5H,6-7H2,1-2H3,(H2,15,17,19)/b16-8+. The number of ether oxygens (including phenoxy) is 1. The van der Waals surface area contributed by atoms with Crippen molar-refractivity contribution in [3.63, 3.8) is 0 Å². The van der Waals surface area contributed by atoms with Crippen LogP contribution in [-0.2, 0) is 4.74 Å². The highest BCUT2D eigenvalue weighted by Gasteiger charge is 2.11. The molecule has 0 saturated carbocycles. The third-order valence-electron chi connectivity index (χ3n) is 2.24. The Balaban J connectivity index is 2.64. The molecular formula is C12H15F2N3OS. The number of thiocarbonyl (C=S) groups is 1. The third-order valence-corrected chi connectivity index (χ3v) is 2.48.